The molecule has 10 nitrogen and oxygen atoms in total. The summed E-state index contributed by atoms with van der Waals surface area (Å²) in [6.07, 6.45) is 6.41. The van der Waals surface area contributed by atoms with Gasteiger partial charge in [-0.2, -0.15) is 0 Å². The lowest BCUT2D eigenvalue weighted by molar-refractivity contribution is -0.384. The molecule has 0 aliphatic carbocycles. The number of non-ortho nitro benzene ring substituents is 1. The molecule has 36 heavy (non-hydrogen) atoms. The van der Waals surface area contributed by atoms with E-state index in [0.717, 1.165) is 22.2 Å². The largest absolute Gasteiger partial charge is 0.356 e. The molecule has 6 rings (SSSR count). The smallest absolute Gasteiger partial charge is 0.269 e. The van der Waals surface area contributed by atoms with Gasteiger partial charge >= 0.3 is 0 Å². The van der Waals surface area contributed by atoms with Gasteiger partial charge in [0.2, 0.25) is 11.8 Å². The Morgan fingerprint density at radius 3 is 2.78 bits per heavy atom. The summed E-state index contributed by atoms with van der Waals surface area (Å²) in [5, 5.41) is 12.5. The van der Waals surface area contributed by atoms with Crippen LogP contribution in [0.15, 0.2) is 67.3 Å². The molecule has 4 heterocycles. The molecule has 182 valence electrons. The van der Waals surface area contributed by atoms with Crippen molar-refractivity contribution in [3.8, 4) is 0 Å². The molecular weight excluding hydrogens is 460 g/mol. The van der Waals surface area contributed by atoms with Crippen molar-refractivity contribution in [3.05, 3.63) is 94.2 Å². The lowest BCUT2D eigenvalue weighted by atomic mass is 9.86. The van der Waals surface area contributed by atoms with Crippen LogP contribution in [0.3, 0.4) is 0 Å². The van der Waals surface area contributed by atoms with Gasteiger partial charge in [-0.3, -0.25) is 19.7 Å². The van der Waals surface area contributed by atoms with E-state index in [0.29, 0.717) is 31.5 Å². The van der Waals surface area contributed by atoms with Crippen molar-refractivity contribution in [2.45, 2.75) is 31.5 Å². The van der Waals surface area contributed by atoms with Gasteiger partial charge < -0.3 is 19.4 Å². The number of carbonyl (C=O) groups excluding carboxylic acids is 2. The Morgan fingerprint density at radius 2 is 1.97 bits per heavy atom. The van der Waals surface area contributed by atoms with E-state index < -0.39 is 17.0 Å². The topological polar surface area (TPSA) is 117 Å². The first kappa shape index (κ1) is 22.0. The standard InChI is InChI=1S/C26H24N6O4/c33-23-15-30(11-4-10-29-12-9-27-16-29)26(34)22-14-20-19-7-1-2-8-21(19)28-24(20)25(31(22)23)17-5-3-6-18(13-17)32(35)36/h1-3,5-9,12-13,16,22,25,28H,4,10-11,14-15H2/t22-,25-/m1/s1. The number of hydrogen-bond donors (Lipinski definition) is 1. The number of nitro benzene ring substituents is 1. The first-order valence-corrected chi connectivity index (χ1v) is 11.9. The molecule has 0 radical (unpaired) electrons. The summed E-state index contributed by atoms with van der Waals surface area (Å²) in [6.45, 7) is 1.16. The maximum absolute atomic E-state index is 13.7. The van der Waals surface area contributed by atoms with E-state index in [9.17, 15) is 19.7 Å². The number of carbonyl (C=O) groups is 2. The third-order valence-corrected chi connectivity index (χ3v) is 7.14. The number of aryl methyl sites for hydroxylation is 1. The molecule has 1 N–H and O–H groups in total. The van der Waals surface area contributed by atoms with Crippen molar-refractivity contribution < 1.29 is 14.5 Å². The van der Waals surface area contributed by atoms with Crippen LogP contribution in [0.1, 0.15) is 29.3 Å². The molecule has 1 saturated heterocycles. The molecule has 2 aromatic heterocycles. The molecule has 2 aliphatic rings. The highest BCUT2D eigenvalue weighted by atomic mass is 16.6. The summed E-state index contributed by atoms with van der Waals surface area (Å²) in [4.78, 5) is 49.1. The number of aromatic nitrogens is 3. The Morgan fingerprint density at radius 1 is 1.11 bits per heavy atom. The van der Waals surface area contributed by atoms with Crippen LogP contribution in [0.2, 0.25) is 0 Å². The van der Waals surface area contributed by atoms with E-state index in [1.54, 1.807) is 34.5 Å². The third-order valence-electron chi connectivity index (χ3n) is 7.14. The highest BCUT2D eigenvalue weighted by Gasteiger charge is 2.48. The van der Waals surface area contributed by atoms with Gasteiger partial charge in [0.05, 0.1) is 23.8 Å². The van der Waals surface area contributed by atoms with E-state index in [2.05, 4.69) is 9.97 Å². The molecule has 4 aromatic rings. The van der Waals surface area contributed by atoms with Crippen LogP contribution in [-0.2, 0) is 22.6 Å². The highest BCUT2D eigenvalue weighted by molar-refractivity contribution is 5.97. The van der Waals surface area contributed by atoms with Gasteiger partial charge in [-0.05, 0) is 23.6 Å². The molecule has 10 heteroatoms. The number of nitro groups is 1. The Balaban J connectivity index is 1.39. The highest BCUT2D eigenvalue weighted by Crippen LogP contribution is 2.43. The van der Waals surface area contributed by atoms with Gasteiger partial charge in [0.25, 0.3) is 5.69 Å². The quantitative estimate of drug-likeness (QED) is 0.333. The number of hydrogen-bond acceptors (Lipinski definition) is 5. The Labute approximate surface area is 206 Å². The van der Waals surface area contributed by atoms with Crippen LogP contribution in [0, 0.1) is 10.1 Å². The monoisotopic (exact) mass is 484 g/mol. The van der Waals surface area contributed by atoms with Gasteiger partial charge in [-0.1, -0.05) is 30.3 Å². The number of H-pyrrole nitrogens is 1. The van der Waals surface area contributed by atoms with E-state index in [4.69, 9.17) is 0 Å². The van der Waals surface area contributed by atoms with E-state index in [1.165, 1.54) is 12.1 Å². The van der Waals surface area contributed by atoms with Gasteiger partial charge in [-0.15, -0.1) is 0 Å². The predicted octanol–water partition coefficient (Wildman–Crippen LogP) is 3.05. The van der Waals surface area contributed by atoms with Crippen molar-refractivity contribution in [1.82, 2.24) is 24.3 Å². The molecular formula is C26H24N6O4. The van der Waals surface area contributed by atoms with Crippen LogP contribution in [0.5, 0.6) is 0 Å². The van der Waals surface area contributed by atoms with Gasteiger partial charge in [0.15, 0.2) is 0 Å². The molecule has 2 amide bonds. The van der Waals surface area contributed by atoms with Crippen molar-refractivity contribution in [1.29, 1.82) is 0 Å². The number of fused-ring (bicyclic) bond motifs is 4. The summed E-state index contributed by atoms with van der Waals surface area (Å²) in [7, 11) is 0. The zero-order valence-corrected chi connectivity index (χ0v) is 19.4. The summed E-state index contributed by atoms with van der Waals surface area (Å²) in [5.74, 6) is -0.255. The molecule has 0 saturated carbocycles. The number of nitrogens with zero attached hydrogens (tertiary/aromatic N) is 5. The van der Waals surface area contributed by atoms with Crippen molar-refractivity contribution >= 4 is 28.4 Å². The molecule has 2 atom stereocenters. The Kier molecular flexibility index (Phi) is 5.28. The van der Waals surface area contributed by atoms with Crippen molar-refractivity contribution in [2.24, 2.45) is 0 Å². The number of aromatic amines is 1. The van der Waals surface area contributed by atoms with Gasteiger partial charge in [-0.25, -0.2) is 4.98 Å². The second-order valence-corrected chi connectivity index (χ2v) is 9.25. The molecule has 0 spiro atoms. The normalized spacial score (nSPS) is 19.4. The number of piperazine rings is 1. The number of rotatable bonds is 6. The SMILES string of the molecule is O=C1[C@H]2Cc3c([nH]c4ccccc34)[C@@H](c3cccc([N+](=O)[O-])c3)N2C(=O)CN1CCCn1ccnc1. The molecule has 0 unspecified atom stereocenters. The molecule has 2 aliphatic heterocycles. The van der Waals surface area contributed by atoms with Crippen LogP contribution in [-0.4, -0.2) is 60.2 Å². The molecule has 0 bridgehead atoms. The van der Waals surface area contributed by atoms with Crippen molar-refractivity contribution in [3.63, 3.8) is 0 Å². The number of para-hydroxylation sites is 1. The fraction of sp³-hybridized carbons (Fsp3) is 0.269. The average Bonchev–Trinajstić information content (AvgIpc) is 3.53. The molecule has 2 aromatic carbocycles. The maximum atomic E-state index is 13.7. The first-order chi connectivity index (χ1) is 17.5. The van der Waals surface area contributed by atoms with Crippen LogP contribution < -0.4 is 0 Å². The zero-order chi connectivity index (χ0) is 24.8. The van der Waals surface area contributed by atoms with E-state index >= 15 is 0 Å². The number of benzene rings is 2. The minimum absolute atomic E-state index is 0.0136. The number of nitrogens with one attached hydrogen (secondary N) is 1. The van der Waals surface area contributed by atoms with Crippen LogP contribution >= 0.6 is 0 Å². The number of amides is 2. The van der Waals surface area contributed by atoms with Crippen LogP contribution in [0.25, 0.3) is 10.9 Å². The van der Waals surface area contributed by atoms with E-state index in [-0.39, 0.29) is 24.0 Å². The zero-order valence-electron chi connectivity index (χ0n) is 19.4. The minimum Gasteiger partial charge on any atom is -0.356 e. The maximum Gasteiger partial charge on any atom is 0.269 e. The lowest BCUT2D eigenvalue weighted by Gasteiger charge is -2.47. The predicted molar refractivity (Wildman–Crippen MR) is 131 cm³/mol. The van der Waals surface area contributed by atoms with Gasteiger partial charge in [0.1, 0.15) is 6.04 Å². The second kappa shape index (κ2) is 8.63. The molecule has 1 fully saturated rings. The van der Waals surface area contributed by atoms with Gasteiger partial charge in [0, 0.05) is 60.6 Å². The number of imidazole rings is 1. The summed E-state index contributed by atoms with van der Waals surface area (Å²) < 4.78 is 1.94. The average molecular weight is 485 g/mol. The first-order valence-electron chi connectivity index (χ1n) is 11.9. The second-order valence-electron chi connectivity index (χ2n) is 9.25. The Hall–Kier alpha value is -4.47. The van der Waals surface area contributed by atoms with Crippen LogP contribution in [0.4, 0.5) is 5.69 Å². The summed E-state index contributed by atoms with van der Waals surface area (Å²) in [6, 6.07) is 12.9. The lowest BCUT2D eigenvalue weighted by Crippen LogP contribution is -2.63. The summed E-state index contributed by atoms with van der Waals surface area (Å²) in [5.41, 5.74) is 3.25. The fourth-order valence-corrected chi connectivity index (χ4v) is 5.53. The Bertz CT molecular complexity index is 1480. The fourth-order valence-electron chi connectivity index (χ4n) is 5.53. The summed E-state index contributed by atoms with van der Waals surface area (Å²) >= 11 is 0. The van der Waals surface area contributed by atoms with E-state index in [1.807, 2.05) is 35.0 Å². The van der Waals surface area contributed by atoms with Crippen molar-refractivity contribution in [2.75, 3.05) is 13.1 Å². The minimum atomic E-state index is -0.671. The third kappa shape index (κ3) is 3.62.